The summed E-state index contributed by atoms with van der Waals surface area (Å²) in [4.78, 5) is 19.2. The van der Waals surface area contributed by atoms with Crippen molar-refractivity contribution >= 4 is 58.0 Å². The van der Waals surface area contributed by atoms with Gasteiger partial charge in [0.25, 0.3) is 0 Å². The molecule has 0 aliphatic heterocycles. The standard InChI is InChI=1S/C20H12Cl2N2O3S/c21-13-7-5-11(9-14(13)22)17-8-6-12(27-17)10-18(19(25)26)28-20-23-15-3-1-2-4-16(15)24-20/h1-10H,(H,23,24)(H,25,26)/b18-10-. The summed E-state index contributed by atoms with van der Waals surface area (Å²) >= 11 is 13.0. The lowest BCUT2D eigenvalue weighted by Gasteiger charge is -2.00. The molecular weight excluding hydrogens is 419 g/mol. The summed E-state index contributed by atoms with van der Waals surface area (Å²) in [6, 6.07) is 16.1. The fourth-order valence-electron chi connectivity index (χ4n) is 2.58. The molecule has 0 saturated heterocycles. The van der Waals surface area contributed by atoms with Crippen LogP contribution in [-0.2, 0) is 4.79 Å². The number of rotatable bonds is 5. The summed E-state index contributed by atoms with van der Waals surface area (Å²) < 4.78 is 5.76. The first kappa shape index (κ1) is 18.7. The predicted molar refractivity (Wildman–Crippen MR) is 112 cm³/mol. The molecule has 0 spiro atoms. The van der Waals surface area contributed by atoms with E-state index in [4.69, 9.17) is 27.6 Å². The maximum absolute atomic E-state index is 11.7. The number of benzene rings is 2. The van der Waals surface area contributed by atoms with Gasteiger partial charge in [0.05, 0.1) is 21.1 Å². The minimum Gasteiger partial charge on any atom is -0.477 e. The van der Waals surface area contributed by atoms with Crippen LogP contribution in [-0.4, -0.2) is 21.0 Å². The number of fused-ring (bicyclic) bond motifs is 1. The van der Waals surface area contributed by atoms with E-state index in [1.807, 2.05) is 24.3 Å². The molecule has 0 unspecified atom stereocenters. The number of nitrogens with one attached hydrogen (secondary N) is 1. The summed E-state index contributed by atoms with van der Waals surface area (Å²) in [6.45, 7) is 0. The number of nitrogens with zero attached hydrogens (tertiary/aromatic N) is 1. The molecule has 0 aliphatic carbocycles. The Morgan fingerprint density at radius 3 is 2.68 bits per heavy atom. The molecule has 2 aromatic heterocycles. The Labute approximate surface area is 174 Å². The maximum atomic E-state index is 11.7. The number of thioether (sulfide) groups is 1. The Morgan fingerprint density at radius 2 is 1.93 bits per heavy atom. The number of hydrogen-bond acceptors (Lipinski definition) is 4. The minimum atomic E-state index is -1.07. The average molecular weight is 431 g/mol. The van der Waals surface area contributed by atoms with Crippen molar-refractivity contribution < 1.29 is 14.3 Å². The molecule has 2 N–H and O–H groups in total. The topological polar surface area (TPSA) is 79.1 Å². The highest BCUT2D eigenvalue weighted by atomic mass is 35.5. The summed E-state index contributed by atoms with van der Waals surface area (Å²) in [5.74, 6) is -0.108. The lowest BCUT2D eigenvalue weighted by Crippen LogP contribution is -1.96. The summed E-state index contributed by atoms with van der Waals surface area (Å²) in [7, 11) is 0. The van der Waals surface area contributed by atoms with E-state index in [-0.39, 0.29) is 4.91 Å². The van der Waals surface area contributed by atoms with Crippen LogP contribution in [0.4, 0.5) is 0 Å². The normalized spacial score (nSPS) is 11.9. The van der Waals surface area contributed by atoms with Crippen molar-refractivity contribution in [2.24, 2.45) is 0 Å². The van der Waals surface area contributed by atoms with Crippen LogP contribution in [0, 0.1) is 0 Å². The Hall–Kier alpha value is -2.67. The van der Waals surface area contributed by atoms with Gasteiger partial charge in [0, 0.05) is 11.6 Å². The Kier molecular flexibility index (Phi) is 5.17. The molecule has 0 saturated carbocycles. The lowest BCUT2D eigenvalue weighted by atomic mass is 10.2. The van der Waals surface area contributed by atoms with Gasteiger partial charge in [-0.15, -0.1) is 0 Å². The fourth-order valence-corrected chi connectivity index (χ4v) is 3.65. The van der Waals surface area contributed by atoms with E-state index in [1.54, 1.807) is 30.3 Å². The number of aromatic amines is 1. The Morgan fingerprint density at radius 1 is 1.11 bits per heavy atom. The van der Waals surface area contributed by atoms with Gasteiger partial charge in [0.15, 0.2) is 5.16 Å². The zero-order chi connectivity index (χ0) is 19.7. The number of aromatic nitrogens is 2. The van der Waals surface area contributed by atoms with Gasteiger partial charge in [-0.3, -0.25) is 0 Å². The van der Waals surface area contributed by atoms with Crippen LogP contribution in [0.15, 0.2) is 69.1 Å². The first-order valence-corrected chi connectivity index (χ1v) is 9.70. The molecule has 5 nitrogen and oxygen atoms in total. The van der Waals surface area contributed by atoms with Crippen molar-refractivity contribution in [3.63, 3.8) is 0 Å². The SMILES string of the molecule is O=C(O)/C(=C/c1ccc(-c2ccc(Cl)c(Cl)c2)o1)Sc1nc2ccccc2[nH]1. The van der Waals surface area contributed by atoms with Crippen molar-refractivity contribution in [1.82, 2.24) is 9.97 Å². The third kappa shape index (κ3) is 3.94. The van der Waals surface area contributed by atoms with E-state index in [0.29, 0.717) is 26.7 Å². The van der Waals surface area contributed by atoms with Gasteiger partial charge >= 0.3 is 5.97 Å². The molecular formula is C20H12Cl2N2O3S. The number of aliphatic carboxylic acids is 1. The van der Waals surface area contributed by atoms with Gasteiger partial charge in [-0.05, 0) is 54.2 Å². The van der Waals surface area contributed by atoms with Gasteiger partial charge in [0.2, 0.25) is 0 Å². The van der Waals surface area contributed by atoms with Gasteiger partial charge in [0.1, 0.15) is 16.4 Å². The molecule has 0 aliphatic rings. The summed E-state index contributed by atoms with van der Waals surface area (Å²) in [6.07, 6.45) is 1.46. The molecule has 8 heteroatoms. The lowest BCUT2D eigenvalue weighted by molar-refractivity contribution is -0.131. The van der Waals surface area contributed by atoms with E-state index in [2.05, 4.69) is 9.97 Å². The van der Waals surface area contributed by atoms with Crippen molar-refractivity contribution in [1.29, 1.82) is 0 Å². The zero-order valence-corrected chi connectivity index (χ0v) is 16.5. The van der Waals surface area contributed by atoms with Crippen molar-refractivity contribution in [2.45, 2.75) is 5.16 Å². The Bertz CT molecular complexity index is 1180. The number of carboxylic acid groups (broad SMARTS) is 1. The van der Waals surface area contributed by atoms with Gasteiger partial charge in [-0.2, -0.15) is 0 Å². The smallest absolute Gasteiger partial charge is 0.342 e. The zero-order valence-electron chi connectivity index (χ0n) is 14.1. The van der Waals surface area contributed by atoms with Crippen LogP contribution in [0.25, 0.3) is 28.4 Å². The molecule has 28 heavy (non-hydrogen) atoms. The number of imidazole rings is 1. The van der Waals surface area contributed by atoms with Crippen LogP contribution in [0.5, 0.6) is 0 Å². The van der Waals surface area contributed by atoms with E-state index >= 15 is 0 Å². The second kappa shape index (κ2) is 7.75. The molecule has 0 bridgehead atoms. The molecule has 140 valence electrons. The first-order chi connectivity index (χ1) is 13.5. The van der Waals surface area contributed by atoms with Gasteiger partial charge < -0.3 is 14.5 Å². The van der Waals surface area contributed by atoms with E-state index in [1.165, 1.54) is 6.08 Å². The van der Waals surface area contributed by atoms with Gasteiger partial charge in [-0.25, -0.2) is 9.78 Å². The molecule has 2 aromatic carbocycles. The number of carboxylic acids is 1. The van der Waals surface area contributed by atoms with E-state index < -0.39 is 5.97 Å². The highest BCUT2D eigenvalue weighted by Gasteiger charge is 2.14. The van der Waals surface area contributed by atoms with Crippen molar-refractivity contribution in [3.8, 4) is 11.3 Å². The monoisotopic (exact) mass is 430 g/mol. The third-order valence-electron chi connectivity index (χ3n) is 3.89. The molecule has 0 radical (unpaired) electrons. The fraction of sp³-hybridized carbons (Fsp3) is 0. The Balaban J connectivity index is 1.62. The third-order valence-corrected chi connectivity index (χ3v) is 5.53. The quantitative estimate of drug-likeness (QED) is 0.284. The van der Waals surface area contributed by atoms with Crippen LogP contribution < -0.4 is 0 Å². The first-order valence-electron chi connectivity index (χ1n) is 8.12. The highest BCUT2D eigenvalue weighted by molar-refractivity contribution is 8.04. The molecule has 0 amide bonds. The minimum absolute atomic E-state index is 0.0779. The second-order valence-electron chi connectivity index (χ2n) is 5.81. The van der Waals surface area contributed by atoms with Crippen molar-refractivity contribution in [2.75, 3.05) is 0 Å². The van der Waals surface area contributed by atoms with Crippen LogP contribution in [0.3, 0.4) is 0 Å². The summed E-state index contributed by atoms with van der Waals surface area (Å²) in [5, 5.41) is 10.9. The van der Waals surface area contributed by atoms with E-state index in [0.717, 1.165) is 28.4 Å². The second-order valence-corrected chi connectivity index (χ2v) is 7.65. The van der Waals surface area contributed by atoms with Crippen molar-refractivity contribution in [3.05, 3.63) is 75.3 Å². The average Bonchev–Trinajstić information content (AvgIpc) is 3.29. The highest BCUT2D eigenvalue weighted by Crippen LogP contribution is 2.32. The molecule has 4 aromatic rings. The largest absolute Gasteiger partial charge is 0.477 e. The number of H-pyrrole nitrogens is 1. The molecule has 2 heterocycles. The van der Waals surface area contributed by atoms with Crippen LogP contribution >= 0.6 is 35.0 Å². The number of halogens is 2. The predicted octanol–water partition coefficient (Wildman–Crippen LogP) is 6.35. The maximum Gasteiger partial charge on any atom is 0.342 e. The van der Waals surface area contributed by atoms with Crippen LogP contribution in [0.2, 0.25) is 10.0 Å². The number of carbonyl (C=O) groups is 1. The number of para-hydroxylation sites is 2. The summed E-state index contributed by atoms with van der Waals surface area (Å²) in [5.41, 5.74) is 2.36. The molecule has 0 atom stereocenters. The molecule has 4 rings (SSSR count). The number of hydrogen-bond donors (Lipinski definition) is 2. The number of furan rings is 1. The van der Waals surface area contributed by atoms with E-state index in [9.17, 15) is 9.90 Å². The van der Waals surface area contributed by atoms with Gasteiger partial charge in [-0.1, -0.05) is 35.3 Å². The van der Waals surface area contributed by atoms with Crippen LogP contribution in [0.1, 0.15) is 5.76 Å². The molecule has 0 fully saturated rings.